The Morgan fingerprint density at radius 1 is 1.27 bits per heavy atom. The van der Waals surface area contributed by atoms with Crippen LogP contribution in [-0.4, -0.2) is 26.2 Å². The van der Waals surface area contributed by atoms with E-state index in [-0.39, 0.29) is 4.75 Å². The van der Waals surface area contributed by atoms with Crippen LogP contribution in [-0.2, 0) is 11.4 Å². The highest BCUT2D eigenvalue weighted by atomic mass is 32.2. The van der Waals surface area contributed by atoms with Gasteiger partial charge in [-0.3, -0.25) is 0 Å². The molecule has 1 unspecified atom stereocenters. The first-order valence-electron chi connectivity index (χ1n) is 5.53. The van der Waals surface area contributed by atoms with Crippen molar-refractivity contribution in [2.24, 2.45) is 4.40 Å². The van der Waals surface area contributed by atoms with Crippen LogP contribution in [0.4, 0.5) is 0 Å². The number of hydrogen-bond acceptors (Lipinski definition) is 3. The minimum absolute atomic E-state index is 0.346. The largest absolute Gasteiger partial charge is 0.591 e. The maximum atomic E-state index is 11.7. The quantitative estimate of drug-likeness (QED) is 0.585. The monoisotopic (exact) mass is 231 g/mol. The zero-order valence-electron chi connectivity index (χ0n) is 9.82. The predicted octanol–water partition coefficient (Wildman–Crippen LogP) is 2.21. The van der Waals surface area contributed by atoms with Crippen LogP contribution in [0.3, 0.4) is 0 Å². The molecular weight excluding hydrogens is 210 g/mol. The molecule has 0 heterocycles. The summed E-state index contributed by atoms with van der Waals surface area (Å²) in [5.74, 6) is 0. The van der Waals surface area contributed by atoms with E-state index in [2.05, 4.69) is 4.40 Å². The minimum atomic E-state index is -1.26. The van der Waals surface area contributed by atoms with Crippen LogP contribution in [0.2, 0.25) is 0 Å². The molecule has 0 aromatic heterocycles. The Hall–Kier alpha value is -0.0600. The Morgan fingerprint density at radius 2 is 1.80 bits per heavy atom. The van der Waals surface area contributed by atoms with Gasteiger partial charge in [-0.2, -0.15) is 0 Å². The number of hydrogen-bond donors (Lipinski definition) is 1. The molecule has 0 aromatic carbocycles. The SMILES string of the molecule is CC(C)(C)[S+]([O-])/N=C/C1(O)CCCCC1. The van der Waals surface area contributed by atoms with Gasteiger partial charge in [0.1, 0.15) is 21.7 Å². The van der Waals surface area contributed by atoms with Gasteiger partial charge in [-0.15, -0.1) is 0 Å². The Bertz CT molecular complexity index is 229. The molecule has 1 atom stereocenters. The van der Waals surface area contributed by atoms with Crippen molar-refractivity contribution in [2.75, 3.05) is 0 Å². The Labute approximate surface area is 95.3 Å². The Morgan fingerprint density at radius 3 is 2.27 bits per heavy atom. The van der Waals surface area contributed by atoms with Gasteiger partial charge in [0.25, 0.3) is 0 Å². The van der Waals surface area contributed by atoms with Crippen molar-refractivity contribution < 1.29 is 9.66 Å². The highest BCUT2D eigenvalue weighted by molar-refractivity contribution is 7.91. The normalized spacial score (nSPS) is 24.3. The fourth-order valence-corrected chi connectivity index (χ4v) is 2.21. The van der Waals surface area contributed by atoms with Gasteiger partial charge in [-0.05, 0) is 33.6 Å². The predicted molar refractivity (Wildman–Crippen MR) is 64.4 cm³/mol. The third-order valence-corrected chi connectivity index (χ3v) is 3.98. The topological polar surface area (TPSA) is 55.7 Å². The van der Waals surface area contributed by atoms with Gasteiger partial charge >= 0.3 is 0 Å². The zero-order valence-corrected chi connectivity index (χ0v) is 10.6. The average Bonchev–Trinajstić information content (AvgIpc) is 2.14. The van der Waals surface area contributed by atoms with Crippen molar-refractivity contribution >= 4 is 17.6 Å². The second-order valence-corrected chi connectivity index (χ2v) is 7.19. The first-order valence-corrected chi connectivity index (χ1v) is 6.64. The van der Waals surface area contributed by atoms with Crippen LogP contribution in [0.5, 0.6) is 0 Å². The highest BCUT2D eigenvalue weighted by Crippen LogP contribution is 2.27. The van der Waals surface area contributed by atoms with Gasteiger partial charge in [0.2, 0.25) is 0 Å². The maximum Gasteiger partial charge on any atom is 0.144 e. The number of rotatable bonds is 2. The van der Waals surface area contributed by atoms with Crippen LogP contribution in [0.25, 0.3) is 0 Å². The molecule has 1 aliphatic carbocycles. The summed E-state index contributed by atoms with van der Waals surface area (Å²) in [5.41, 5.74) is -0.806. The molecule has 0 amide bonds. The second kappa shape index (κ2) is 4.85. The van der Waals surface area contributed by atoms with Gasteiger partial charge in [0.05, 0.1) is 6.21 Å². The Balaban J connectivity index is 2.55. The van der Waals surface area contributed by atoms with Gasteiger partial charge in [0, 0.05) is 0 Å². The molecule has 0 aromatic rings. The molecule has 1 saturated carbocycles. The van der Waals surface area contributed by atoms with Crippen molar-refractivity contribution in [1.82, 2.24) is 0 Å². The van der Waals surface area contributed by atoms with E-state index in [9.17, 15) is 9.66 Å². The lowest BCUT2D eigenvalue weighted by molar-refractivity contribution is 0.0760. The Kier molecular flexibility index (Phi) is 4.20. The fourth-order valence-electron chi connectivity index (χ4n) is 1.60. The first kappa shape index (κ1) is 13.0. The second-order valence-electron chi connectivity index (χ2n) is 5.26. The molecule has 1 N–H and O–H groups in total. The zero-order chi connectivity index (χ0) is 11.5. The van der Waals surface area contributed by atoms with E-state index in [1.165, 1.54) is 12.6 Å². The van der Waals surface area contributed by atoms with E-state index in [0.717, 1.165) is 25.7 Å². The lowest BCUT2D eigenvalue weighted by Crippen LogP contribution is -2.34. The van der Waals surface area contributed by atoms with Crippen molar-refractivity contribution in [3.63, 3.8) is 0 Å². The molecule has 4 heteroatoms. The summed E-state index contributed by atoms with van der Waals surface area (Å²) < 4.78 is 15.3. The van der Waals surface area contributed by atoms with E-state index in [4.69, 9.17) is 0 Å². The van der Waals surface area contributed by atoms with Crippen molar-refractivity contribution in [1.29, 1.82) is 0 Å². The van der Waals surface area contributed by atoms with Crippen LogP contribution >= 0.6 is 0 Å². The average molecular weight is 231 g/mol. The van der Waals surface area contributed by atoms with Gasteiger partial charge in [-0.25, -0.2) is 0 Å². The smallest absolute Gasteiger partial charge is 0.144 e. The van der Waals surface area contributed by atoms with E-state index in [0.29, 0.717) is 0 Å². The molecule has 0 spiro atoms. The third kappa shape index (κ3) is 4.13. The molecule has 15 heavy (non-hydrogen) atoms. The highest BCUT2D eigenvalue weighted by Gasteiger charge is 2.31. The molecule has 1 fully saturated rings. The summed E-state index contributed by atoms with van der Waals surface area (Å²) in [5, 5.41) is 10.1. The van der Waals surface area contributed by atoms with Crippen molar-refractivity contribution in [2.45, 2.75) is 63.2 Å². The molecule has 0 bridgehead atoms. The van der Waals surface area contributed by atoms with Crippen molar-refractivity contribution in [3.8, 4) is 0 Å². The molecule has 1 rings (SSSR count). The van der Waals surface area contributed by atoms with Crippen LogP contribution < -0.4 is 0 Å². The van der Waals surface area contributed by atoms with Crippen LogP contribution in [0.1, 0.15) is 52.9 Å². The molecule has 88 valence electrons. The van der Waals surface area contributed by atoms with E-state index in [1.807, 2.05) is 20.8 Å². The summed E-state index contributed by atoms with van der Waals surface area (Å²) >= 11 is -1.26. The van der Waals surface area contributed by atoms with Gasteiger partial charge < -0.3 is 9.66 Å². The fraction of sp³-hybridized carbons (Fsp3) is 0.909. The summed E-state index contributed by atoms with van der Waals surface area (Å²) in [6, 6.07) is 0. The van der Waals surface area contributed by atoms with E-state index in [1.54, 1.807) is 0 Å². The minimum Gasteiger partial charge on any atom is -0.591 e. The summed E-state index contributed by atoms with van der Waals surface area (Å²) in [6.07, 6.45) is 6.25. The van der Waals surface area contributed by atoms with Gasteiger partial charge in [-0.1, -0.05) is 23.7 Å². The number of aliphatic hydroxyl groups is 1. The van der Waals surface area contributed by atoms with Crippen LogP contribution in [0, 0.1) is 0 Å². The van der Waals surface area contributed by atoms with Crippen LogP contribution in [0.15, 0.2) is 4.40 Å². The van der Waals surface area contributed by atoms with Crippen molar-refractivity contribution in [3.05, 3.63) is 0 Å². The lowest BCUT2D eigenvalue weighted by Gasteiger charge is -2.28. The molecule has 0 aliphatic heterocycles. The first-order chi connectivity index (χ1) is 6.83. The van der Waals surface area contributed by atoms with Gasteiger partial charge in [0.15, 0.2) is 0 Å². The summed E-state index contributed by atoms with van der Waals surface area (Å²) in [6.45, 7) is 5.64. The summed E-state index contributed by atoms with van der Waals surface area (Å²) in [7, 11) is 0. The lowest BCUT2D eigenvalue weighted by atomic mass is 9.86. The molecule has 0 saturated heterocycles. The maximum absolute atomic E-state index is 11.7. The third-order valence-electron chi connectivity index (χ3n) is 2.63. The molecule has 0 radical (unpaired) electrons. The standard InChI is InChI=1S/C11H21NO2S/c1-10(2,3)15(14)12-9-11(13)7-5-4-6-8-11/h9,13H,4-8H2,1-3H3/b12-9+. The number of nitrogens with zero attached hydrogens (tertiary/aromatic N) is 1. The summed E-state index contributed by atoms with van der Waals surface area (Å²) in [4.78, 5) is 0. The molecule has 3 nitrogen and oxygen atoms in total. The molecule has 1 aliphatic rings. The van der Waals surface area contributed by atoms with E-state index < -0.39 is 17.0 Å². The van der Waals surface area contributed by atoms with E-state index >= 15 is 0 Å². The molecular formula is C11H21NO2S.